The Morgan fingerprint density at radius 2 is 2.00 bits per heavy atom. The summed E-state index contributed by atoms with van der Waals surface area (Å²) >= 11 is 0. The maximum atomic E-state index is 11.6. The lowest BCUT2D eigenvalue weighted by Gasteiger charge is -2.22. The summed E-state index contributed by atoms with van der Waals surface area (Å²) in [7, 11) is 0. The van der Waals surface area contributed by atoms with Gasteiger partial charge in [0.2, 0.25) is 0 Å². The van der Waals surface area contributed by atoms with Crippen LogP contribution in [0.1, 0.15) is 25.7 Å². The fourth-order valence-corrected chi connectivity index (χ4v) is 1.88. The number of hydrogen-bond acceptors (Lipinski definition) is 5. The Morgan fingerprint density at radius 1 is 1.31 bits per heavy atom. The van der Waals surface area contributed by atoms with Crippen LogP contribution in [0.4, 0.5) is 0 Å². The molecule has 6 nitrogen and oxygen atoms in total. The summed E-state index contributed by atoms with van der Waals surface area (Å²) in [4.78, 5) is 38.9. The highest BCUT2D eigenvalue weighted by Crippen LogP contribution is 2.17. The molecule has 2 amide bonds. The Kier molecular flexibility index (Phi) is 3.19. The summed E-state index contributed by atoms with van der Waals surface area (Å²) in [6.45, 7) is 1.44. The summed E-state index contributed by atoms with van der Waals surface area (Å²) in [5.41, 5.74) is 0. The Labute approximate surface area is 92.9 Å². The molecule has 0 aromatic heterocycles. The van der Waals surface area contributed by atoms with Gasteiger partial charge in [-0.15, -0.1) is 5.06 Å². The lowest BCUT2D eigenvalue weighted by atomic mass is 10.0. The molecule has 0 radical (unpaired) electrons. The minimum atomic E-state index is -0.490. The first-order chi connectivity index (χ1) is 7.68. The minimum absolute atomic E-state index is 0.134. The zero-order valence-corrected chi connectivity index (χ0v) is 8.90. The number of carbonyl (C=O) groups is 3. The minimum Gasteiger partial charge on any atom is -0.330 e. The number of imide groups is 1. The van der Waals surface area contributed by atoms with E-state index < -0.39 is 17.8 Å². The van der Waals surface area contributed by atoms with E-state index in [4.69, 9.17) is 4.84 Å². The van der Waals surface area contributed by atoms with Crippen LogP contribution in [-0.2, 0) is 19.2 Å². The van der Waals surface area contributed by atoms with Crippen LogP contribution in [0.2, 0.25) is 0 Å². The molecule has 0 aliphatic carbocycles. The van der Waals surface area contributed by atoms with Crippen molar-refractivity contribution in [1.82, 2.24) is 10.4 Å². The van der Waals surface area contributed by atoms with Gasteiger partial charge in [0.25, 0.3) is 11.8 Å². The van der Waals surface area contributed by atoms with Crippen molar-refractivity contribution in [3.05, 3.63) is 0 Å². The first-order valence-electron chi connectivity index (χ1n) is 5.47. The number of nitrogens with zero attached hydrogens (tertiary/aromatic N) is 1. The highest BCUT2D eigenvalue weighted by molar-refractivity contribution is 6.01. The predicted octanol–water partition coefficient (Wildman–Crippen LogP) is -0.407. The number of nitrogens with one attached hydrogen (secondary N) is 1. The molecule has 16 heavy (non-hydrogen) atoms. The van der Waals surface area contributed by atoms with Gasteiger partial charge in [-0.1, -0.05) is 0 Å². The molecule has 2 aliphatic rings. The van der Waals surface area contributed by atoms with E-state index in [9.17, 15) is 14.4 Å². The number of amides is 2. The molecule has 0 bridgehead atoms. The van der Waals surface area contributed by atoms with Gasteiger partial charge in [0.15, 0.2) is 0 Å². The highest BCUT2D eigenvalue weighted by atomic mass is 16.7. The van der Waals surface area contributed by atoms with E-state index in [0.717, 1.165) is 19.4 Å². The molecule has 1 atom stereocenters. The molecule has 0 aromatic carbocycles. The third-order valence-corrected chi connectivity index (χ3v) is 2.82. The molecule has 6 heteroatoms. The molecule has 2 heterocycles. The third kappa shape index (κ3) is 2.21. The molecule has 2 rings (SSSR count). The van der Waals surface area contributed by atoms with E-state index in [-0.39, 0.29) is 18.8 Å². The average Bonchev–Trinajstić information content (AvgIpc) is 2.62. The molecular formula is C10H14N2O4. The Balaban J connectivity index is 1.90. The standard InChI is InChI=1S/C10H14N2O4/c13-8-3-4-9(14)12(8)16-10(15)7-2-1-5-11-6-7/h7,11H,1-6H2/t7-/m1/s1. The molecule has 0 spiro atoms. The van der Waals surface area contributed by atoms with Crippen molar-refractivity contribution in [2.45, 2.75) is 25.7 Å². The summed E-state index contributed by atoms with van der Waals surface area (Å²) in [5, 5.41) is 3.68. The number of carbonyl (C=O) groups excluding carboxylic acids is 3. The van der Waals surface area contributed by atoms with E-state index in [1.165, 1.54) is 0 Å². The van der Waals surface area contributed by atoms with E-state index >= 15 is 0 Å². The summed E-state index contributed by atoms with van der Waals surface area (Å²) < 4.78 is 0. The van der Waals surface area contributed by atoms with Crippen LogP contribution in [0.25, 0.3) is 0 Å². The molecular weight excluding hydrogens is 212 g/mol. The molecule has 0 unspecified atom stereocenters. The SMILES string of the molecule is O=C(ON1C(=O)CCC1=O)[C@@H]1CCCNC1. The fraction of sp³-hybridized carbons (Fsp3) is 0.700. The van der Waals surface area contributed by atoms with E-state index in [2.05, 4.69) is 5.32 Å². The van der Waals surface area contributed by atoms with Crippen molar-refractivity contribution in [3.63, 3.8) is 0 Å². The zero-order chi connectivity index (χ0) is 11.5. The predicted molar refractivity (Wildman–Crippen MR) is 52.8 cm³/mol. The first-order valence-corrected chi connectivity index (χ1v) is 5.47. The second-order valence-electron chi connectivity index (χ2n) is 4.04. The fourth-order valence-electron chi connectivity index (χ4n) is 1.88. The van der Waals surface area contributed by atoms with Gasteiger partial charge in [0.05, 0.1) is 5.92 Å². The van der Waals surface area contributed by atoms with Gasteiger partial charge < -0.3 is 10.2 Å². The van der Waals surface area contributed by atoms with E-state index in [1.807, 2.05) is 0 Å². The maximum absolute atomic E-state index is 11.6. The van der Waals surface area contributed by atoms with Crippen molar-refractivity contribution in [2.24, 2.45) is 5.92 Å². The van der Waals surface area contributed by atoms with Crippen LogP contribution in [0, 0.1) is 5.92 Å². The number of hydroxylamine groups is 2. The smallest absolute Gasteiger partial charge is 0.330 e. The maximum Gasteiger partial charge on any atom is 0.337 e. The first kappa shape index (κ1) is 11.1. The second kappa shape index (κ2) is 4.61. The van der Waals surface area contributed by atoms with Gasteiger partial charge in [-0.2, -0.15) is 0 Å². The average molecular weight is 226 g/mol. The van der Waals surface area contributed by atoms with Crippen molar-refractivity contribution in [2.75, 3.05) is 13.1 Å². The Morgan fingerprint density at radius 3 is 2.56 bits per heavy atom. The zero-order valence-electron chi connectivity index (χ0n) is 8.90. The van der Waals surface area contributed by atoms with Crippen LogP contribution >= 0.6 is 0 Å². The van der Waals surface area contributed by atoms with Crippen LogP contribution in [-0.4, -0.2) is 35.9 Å². The van der Waals surface area contributed by atoms with Gasteiger partial charge in [0.1, 0.15) is 0 Å². The molecule has 0 aromatic rings. The lowest BCUT2D eigenvalue weighted by Crippen LogP contribution is -2.40. The van der Waals surface area contributed by atoms with Crippen molar-refractivity contribution in [3.8, 4) is 0 Å². The summed E-state index contributed by atoms with van der Waals surface area (Å²) in [6.07, 6.45) is 1.91. The third-order valence-electron chi connectivity index (χ3n) is 2.82. The molecule has 2 saturated heterocycles. The quantitative estimate of drug-likeness (QED) is 0.648. The molecule has 2 aliphatic heterocycles. The lowest BCUT2D eigenvalue weighted by molar-refractivity contribution is -0.200. The topological polar surface area (TPSA) is 75.7 Å². The monoisotopic (exact) mass is 226 g/mol. The van der Waals surface area contributed by atoms with Gasteiger partial charge in [0, 0.05) is 19.4 Å². The molecule has 2 fully saturated rings. The molecule has 0 saturated carbocycles. The highest BCUT2D eigenvalue weighted by Gasteiger charge is 2.35. The molecule has 1 N–H and O–H groups in total. The van der Waals surface area contributed by atoms with Crippen molar-refractivity contribution < 1.29 is 19.2 Å². The van der Waals surface area contributed by atoms with Crippen molar-refractivity contribution in [1.29, 1.82) is 0 Å². The summed E-state index contributed by atoms with van der Waals surface area (Å²) in [6, 6.07) is 0. The van der Waals surface area contributed by atoms with Gasteiger partial charge in [-0.05, 0) is 19.4 Å². The van der Waals surface area contributed by atoms with Gasteiger partial charge in [-0.25, -0.2) is 4.79 Å². The second-order valence-corrected chi connectivity index (χ2v) is 4.04. The Bertz CT molecular complexity index is 307. The summed E-state index contributed by atoms with van der Waals surface area (Å²) in [5.74, 6) is -1.60. The van der Waals surface area contributed by atoms with Gasteiger partial charge >= 0.3 is 5.97 Å². The number of rotatable bonds is 2. The van der Waals surface area contributed by atoms with Crippen LogP contribution in [0.15, 0.2) is 0 Å². The largest absolute Gasteiger partial charge is 0.337 e. The van der Waals surface area contributed by atoms with Crippen LogP contribution in [0.5, 0.6) is 0 Å². The number of hydrogen-bond donors (Lipinski definition) is 1. The van der Waals surface area contributed by atoms with Crippen LogP contribution in [0.3, 0.4) is 0 Å². The normalized spacial score (nSPS) is 26.0. The van der Waals surface area contributed by atoms with Crippen LogP contribution < -0.4 is 5.32 Å². The van der Waals surface area contributed by atoms with Crippen molar-refractivity contribution >= 4 is 17.8 Å². The molecule has 88 valence electrons. The Hall–Kier alpha value is -1.43. The number of piperidine rings is 1. The van der Waals surface area contributed by atoms with E-state index in [1.54, 1.807) is 0 Å². The van der Waals surface area contributed by atoms with E-state index in [0.29, 0.717) is 11.6 Å². The van der Waals surface area contributed by atoms with Gasteiger partial charge in [-0.3, -0.25) is 9.59 Å².